The zero-order valence-electron chi connectivity index (χ0n) is 16.5. The van der Waals surface area contributed by atoms with Gasteiger partial charge in [-0.1, -0.05) is 60.7 Å². The van der Waals surface area contributed by atoms with Gasteiger partial charge in [-0.3, -0.25) is 4.79 Å². The lowest BCUT2D eigenvalue weighted by Gasteiger charge is -2.15. The largest absolute Gasteiger partial charge is 0.449 e. The van der Waals surface area contributed by atoms with Crippen LogP contribution in [0.25, 0.3) is 11.1 Å². The van der Waals surface area contributed by atoms with Crippen molar-refractivity contribution in [3.63, 3.8) is 0 Å². The summed E-state index contributed by atoms with van der Waals surface area (Å²) in [5, 5.41) is 2.80. The van der Waals surface area contributed by atoms with Crippen molar-refractivity contribution in [1.29, 1.82) is 0 Å². The minimum atomic E-state index is -0.401. The van der Waals surface area contributed by atoms with Crippen molar-refractivity contribution in [2.45, 2.75) is 25.2 Å². The number of unbranched alkanes of at least 4 members (excludes halogenated alkanes) is 1. The second-order valence-electron chi connectivity index (χ2n) is 7.48. The second-order valence-corrected chi connectivity index (χ2v) is 7.48. The molecular weight excluding hydrogens is 364 g/mol. The van der Waals surface area contributed by atoms with E-state index < -0.39 is 6.09 Å². The Morgan fingerprint density at radius 3 is 2.21 bits per heavy atom. The van der Waals surface area contributed by atoms with E-state index in [1.807, 2.05) is 41.3 Å². The van der Waals surface area contributed by atoms with E-state index in [-0.39, 0.29) is 11.8 Å². The fourth-order valence-corrected chi connectivity index (χ4v) is 4.08. The Bertz CT molecular complexity index is 868. The quantitative estimate of drug-likeness (QED) is 0.572. The van der Waals surface area contributed by atoms with E-state index in [4.69, 9.17) is 4.74 Å². The number of carbonyl (C=O) groups excluding carboxylic acids is 2. The summed E-state index contributed by atoms with van der Waals surface area (Å²) in [6.45, 7) is 2.27. The minimum Gasteiger partial charge on any atom is -0.449 e. The van der Waals surface area contributed by atoms with E-state index in [1.165, 1.54) is 22.3 Å². The predicted octanol–water partition coefficient (Wildman–Crippen LogP) is 4.09. The highest BCUT2D eigenvalue weighted by molar-refractivity contribution is 5.79. The molecule has 0 saturated heterocycles. The molecule has 2 aromatic rings. The lowest BCUT2D eigenvalue weighted by atomic mass is 9.98. The summed E-state index contributed by atoms with van der Waals surface area (Å²) in [5.74, 6) is 0.246. The maximum atomic E-state index is 12.1. The van der Waals surface area contributed by atoms with Crippen molar-refractivity contribution in [3.8, 4) is 11.1 Å². The Balaban J connectivity index is 1.21. The number of hydrogen-bond acceptors (Lipinski definition) is 3. The monoisotopic (exact) mass is 390 g/mol. The van der Waals surface area contributed by atoms with Crippen LogP contribution in [0.3, 0.4) is 0 Å². The van der Waals surface area contributed by atoms with Crippen LogP contribution in [0.2, 0.25) is 0 Å². The molecule has 1 N–H and O–H groups in total. The topological polar surface area (TPSA) is 58.6 Å². The van der Waals surface area contributed by atoms with Crippen LogP contribution in [-0.2, 0) is 9.53 Å². The second kappa shape index (κ2) is 8.95. The number of rotatable bonds is 7. The number of ether oxygens (including phenoxy) is 1. The van der Waals surface area contributed by atoms with Crippen LogP contribution in [0.1, 0.15) is 36.3 Å². The Morgan fingerprint density at radius 2 is 1.55 bits per heavy atom. The summed E-state index contributed by atoms with van der Waals surface area (Å²) >= 11 is 0. The standard InChI is InChI=1S/C24H26N2O3/c27-23(26-15-7-8-16-26)13-5-6-14-25-24(28)29-17-22-20-11-3-1-9-18(20)19-10-2-4-12-21(19)22/h1-4,7-12,22H,5-6,13-17H2,(H,25,28). The maximum absolute atomic E-state index is 12.1. The average Bonchev–Trinajstić information content (AvgIpc) is 3.39. The first-order valence-corrected chi connectivity index (χ1v) is 10.3. The molecule has 150 valence electrons. The molecule has 0 radical (unpaired) electrons. The van der Waals surface area contributed by atoms with Crippen molar-refractivity contribution in [2.75, 3.05) is 26.2 Å². The van der Waals surface area contributed by atoms with E-state index in [0.29, 0.717) is 19.6 Å². The summed E-state index contributed by atoms with van der Waals surface area (Å²) < 4.78 is 5.52. The van der Waals surface area contributed by atoms with E-state index >= 15 is 0 Å². The van der Waals surface area contributed by atoms with Gasteiger partial charge in [0.2, 0.25) is 5.91 Å². The molecule has 2 aromatic carbocycles. The van der Waals surface area contributed by atoms with Gasteiger partial charge in [0.25, 0.3) is 0 Å². The van der Waals surface area contributed by atoms with Crippen LogP contribution < -0.4 is 5.32 Å². The summed E-state index contributed by atoms with van der Waals surface area (Å²) in [6, 6.07) is 16.6. The van der Waals surface area contributed by atoms with Gasteiger partial charge in [0, 0.05) is 32.0 Å². The molecular formula is C24H26N2O3. The Kier molecular flexibility index (Phi) is 5.94. The van der Waals surface area contributed by atoms with Crippen molar-refractivity contribution >= 4 is 12.0 Å². The molecule has 1 aliphatic heterocycles. The Labute approximate surface area is 171 Å². The lowest BCUT2D eigenvalue weighted by molar-refractivity contribution is -0.129. The van der Waals surface area contributed by atoms with Gasteiger partial charge in [0.1, 0.15) is 6.61 Å². The van der Waals surface area contributed by atoms with E-state index in [0.717, 1.165) is 25.9 Å². The van der Waals surface area contributed by atoms with Crippen LogP contribution >= 0.6 is 0 Å². The van der Waals surface area contributed by atoms with Crippen molar-refractivity contribution in [3.05, 3.63) is 71.8 Å². The Morgan fingerprint density at radius 1 is 0.931 bits per heavy atom. The van der Waals surface area contributed by atoms with Gasteiger partial charge in [-0.25, -0.2) is 4.79 Å². The summed E-state index contributed by atoms with van der Waals surface area (Å²) in [4.78, 5) is 25.9. The van der Waals surface area contributed by atoms with Gasteiger partial charge in [-0.05, 0) is 35.1 Å². The lowest BCUT2D eigenvalue weighted by Crippen LogP contribution is -2.29. The summed E-state index contributed by atoms with van der Waals surface area (Å²) in [5.41, 5.74) is 4.85. The highest BCUT2D eigenvalue weighted by Gasteiger charge is 2.28. The van der Waals surface area contributed by atoms with Gasteiger partial charge in [-0.2, -0.15) is 0 Å². The fraction of sp³-hybridized carbons (Fsp3) is 0.333. The van der Waals surface area contributed by atoms with E-state index in [9.17, 15) is 9.59 Å². The summed E-state index contributed by atoms with van der Waals surface area (Å²) in [6.07, 6.45) is 5.67. The molecule has 0 aromatic heterocycles. The van der Waals surface area contributed by atoms with Gasteiger partial charge in [0.05, 0.1) is 0 Å². The first-order valence-electron chi connectivity index (χ1n) is 10.3. The van der Waals surface area contributed by atoms with Crippen LogP contribution in [0, 0.1) is 0 Å². The van der Waals surface area contributed by atoms with E-state index in [1.54, 1.807) is 0 Å². The molecule has 1 heterocycles. The predicted molar refractivity (Wildman–Crippen MR) is 113 cm³/mol. The van der Waals surface area contributed by atoms with Crippen molar-refractivity contribution < 1.29 is 14.3 Å². The van der Waals surface area contributed by atoms with Crippen LogP contribution in [0.5, 0.6) is 0 Å². The number of fused-ring (bicyclic) bond motifs is 3. The zero-order chi connectivity index (χ0) is 20.1. The van der Waals surface area contributed by atoms with Crippen LogP contribution in [0.4, 0.5) is 4.79 Å². The number of hydrogen-bond donors (Lipinski definition) is 1. The Hall–Kier alpha value is -3.08. The average molecular weight is 390 g/mol. The first kappa shape index (κ1) is 19.2. The molecule has 0 unspecified atom stereocenters. The van der Waals surface area contributed by atoms with Gasteiger partial charge >= 0.3 is 6.09 Å². The SMILES string of the molecule is O=C(NCCCCC(=O)N1CC=CC1)OCC1c2ccccc2-c2ccccc21. The van der Waals surface area contributed by atoms with E-state index in [2.05, 4.69) is 29.6 Å². The number of amides is 2. The third kappa shape index (κ3) is 4.34. The third-order valence-corrected chi connectivity index (χ3v) is 5.60. The first-order chi connectivity index (χ1) is 14.2. The third-order valence-electron chi connectivity index (χ3n) is 5.60. The molecule has 0 spiro atoms. The zero-order valence-corrected chi connectivity index (χ0v) is 16.5. The number of nitrogens with zero attached hydrogens (tertiary/aromatic N) is 1. The van der Waals surface area contributed by atoms with Gasteiger partial charge in [-0.15, -0.1) is 0 Å². The molecule has 0 atom stereocenters. The molecule has 5 heteroatoms. The minimum absolute atomic E-state index is 0.0693. The summed E-state index contributed by atoms with van der Waals surface area (Å²) in [7, 11) is 0. The maximum Gasteiger partial charge on any atom is 0.407 e. The van der Waals surface area contributed by atoms with Crippen LogP contribution in [-0.4, -0.2) is 43.1 Å². The fourth-order valence-electron chi connectivity index (χ4n) is 4.08. The highest BCUT2D eigenvalue weighted by atomic mass is 16.5. The van der Waals surface area contributed by atoms with Gasteiger partial charge in [0.15, 0.2) is 0 Å². The van der Waals surface area contributed by atoms with Crippen molar-refractivity contribution in [1.82, 2.24) is 10.2 Å². The molecule has 2 amide bonds. The molecule has 5 nitrogen and oxygen atoms in total. The molecule has 0 bridgehead atoms. The smallest absolute Gasteiger partial charge is 0.407 e. The van der Waals surface area contributed by atoms with Gasteiger partial charge < -0.3 is 15.0 Å². The number of carbonyl (C=O) groups is 2. The number of nitrogens with one attached hydrogen (secondary N) is 1. The molecule has 29 heavy (non-hydrogen) atoms. The van der Waals surface area contributed by atoms with Crippen molar-refractivity contribution in [2.24, 2.45) is 0 Å². The molecule has 0 saturated carbocycles. The molecule has 1 aliphatic carbocycles. The highest BCUT2D eigenvalue weighted by Crippen LogP contribution is 2.44. The molecule has 0 fully saturated rings. The number of alkyl carbamates (subject to hydrolysis) is 1. The normalized spacial score (nSPS) is 14.6. The number of benzene rings is 2. The molecule has 2 aliphatic rings. The molecule has 4 rings (SSSR count). The van der Waals surface area contributed by atoms with Crippen LogP contribution in [0.15, 0.2) is 60.7 Å².